The van der Waals surface area contributed by atoms with Gasteiger partial charge >= 0.3 is 0 Å². The van der Waals surface area contributed by atoms with Crippen LogP contribution in [0.4, 0.5) is 0 Å². The van der Waals surface area contributed by atoms with Crippen molar-refractivity contribution in [1.82, 2.24) is 4.90 Å². The van der Waals surface area contributed by atoms with Gasteiger partial charge in [-0.2, -0.15) is 0 Å². The largest absolute Gasteiger partial charge is 0.387 e. The smallest absolute Gasteiger partial charge is 0.129 e. The Hall–Kier alpha value is -0.450. The van der Waals surface area contributed by atoms with Crippen LogP contribution in [0.3, 0.4) is 0 Å². The van der Waals surface area contributed by atoms with Gasteiger partial charge in [-0.1, -0.05) is 12.8 Å². The lowest BCUT2D eigenvalue weighted by atomic mass is 9.92. The first-order valence-electron chi connectivity index (χ1n) is 8.46. The lowest BCUT2D eigenvalue weighted by Gasteiger charge is -2.39. The quantitative estimate of drug-likeness (QED) is 0.630. The molecule has 1 heterocycles. The number of aliphatic hydroxyl groups is 1. The molecule has 0 radical (unpaired) electrons. The van der Waals surface area contributed by atoms with Crippen molar-refractivity contribution in [3.05, 3.63) is 0 Å². The number of carbonyl (C=O) groups is 1. The fourth-order valence-electron chi connectivity index (χ4n) is 2.79. The van der Waals surface area contributed by atoms with Gasteiger partial charge in [-0.25, -0.2) is 0 Å². The molecule has 4 nitrogen and oxygen atoms in total. The van der Waals surface area contributed by atoms with Crippen molar-refractivity contribution in [3.63, 3.8) is 0 Å². The number of ether oxygens (including phenoxy) is 1. The first-order valence-corrected chi connectivity index (χ1v) is 8.46. The minimum atomic E-state index is -0.625. The van der Waals surface area contributed by atoms with Crippen molar-refractivity contribution in [2.45, 2.75) is 77.4 Å². The second-order valence-electron chi connectivity index (χ2n) is 6.77. The fourth-order valence-corrected chi connectivity index (χ4v) is 2.79. The van der Waals surface area contributed by atoms with Crippen molar-refractivity contribution < 1.29 is 14.6 Å². The molecule has 0 bridgehead atoms. The molecule has 0 spiro atoms. The molecule has 0 aromatic rings. The Morgan fingerprint density at radius 3 is 2.38 bits per heavy atom. The summed E-state index contributed by atoms with van der Waals surface area (Å²) in [6.07, 6.45) is 6.53. The SMILES string of the molecule is CC(=O)CCCCCCOCC1(O)CCN(C(C)C)CC1. The summed E-state index contributed by atoms with van der Waals surface area (Å²) in [7, 11) is 0. The Balaban J connectivity index is 2.01. The molecule has 124 valence electrons. The molecular formula is C17H33NO3. The number of ketones is 1. The molecule has 0 aliphatic carbocycles. The van der Waals surface area contributed by atoms with Gasteiger partial charge in [0.25, 0.3) is 0 Å². The highest BCUT2D eigenvalue weighted by atomic mass is 16.5. The maximum Gasteiger partial charge on any atom is 0.129 e. The Morgan fingerprint density at radius 2 is 1.81 bits per heavy atom. The maximum atomic E-state index is 10.8. The number of Topliss-reactive ketones (excluding diaryl/α,β-unsaturated/α-hetero) is 1. The molecule has 0 unspecified atom stereocenters. The van der Waals surface area contributed by atoms with E-state index >= 15 is 0 Å². The van der Waals surface area contributed by atoms with Crippen LogP contribution in [0.1, 0.15) is 65.7 Å². The van der Waals surface area contributed by atoms with Crippen molar-refractivity contribution in [2.24, 2.45) is 0 Å². The number of hydrogen-bond donors (Lipinski definition) is 1. The third kappa shape index (κ3) is 7.93. The van der Waals surface area contributed by atoms with Crippen molar-refractivity contribution in [1.29, 1.82) is 0 Å². The Morgan fingerprint density at radius 1 is 1.19 bits per heavy atom. The highest BCUT2D eigenvalue weighted by Gasteiger charge is 2.33. The van der Waals surface area contributed by atoms with E-state index in [1.54, 1.807) is 6.92 Å². The molecule has 4 heteroatoms. The van der Waals surface area contributed by atoms with E-state index in [4.69, 9.17) is 4.74 Å². The summed E-state index contributed by atoms with van der Waals surface area (Å²) < 4.78 is 5.66. The number of piperidine rings is 1. The summed E-state index contributed by atoms with van der Waals surface area (Å²) in [5.74, 6) is 0.279. The van der Waals surface area contributed by atoms with Gasteiger partial charge in [0.15, 0.2) is 0 Å². The third-order valence-corrected chi connectivity index (χ3v) is 4.40. The zero-order valence-electron chi connectivity index (χ0n) is 14.1. The van der Waals surface area contributed by atoms with Crippen LogP contribution in [0.5, 0.6) is 0 Å². The van der Waals surface area contributed by atoms with E-state index in [-0.39, 0.29) is 5.78 Å². The average molecular weight is 299 g/mol. The standard InChI is InChI=1S/C17H33NO3/c1-15(2)18-11-9-17(20,10-12-18)14-21-13-7-5-4-6-8-16(3)19/h15,20H,4-14H2,1-3H3. The maximum absolute atomic E-state index is 10.8. The Labute approximate surface area is 129 Å². The highest BCUT2D eigenvalue weighted by Crippen LogP contribution is 2.23. The molecule has 0 aromatic heterocycles. The van der Waals surface area contributed by atoms with Gasteiger partial charge in [-0.15, -0.1) is 0 Å². The second kappa shape index (κ2) is 9.54. The summed E-state index contributed by atoms with van der Waals surface area (Å²) in [5.41, 5.74) is -0.625. The second-order valence-corrected chi connectivity index (χ2v) is 6.77. The molecule has 1 rings (SSSR count). The predicted octanol–water partition coefficient (Wildman–Crippen LogP) is 2.78. The van der Waals surface area contributed by atoms with Gasteiger partial charge in [-0.05, 0) is 46.5 Å². The normalized spacial score (nSPS) is 19.1. The van der Waals surface area contributed by atoms with Crippen LogP contribution < -0.4 is 0 Å². The van der Waals surface area contributed by atoms with Crippen molar-refractivity contribution in [2.75, 3.05) is 26.3 Å². The highest BCUT2D eigenvalue weighted by molar-refractivity contribution is 5.75. The summed E-state index contributed by atoms with van der Waals surface area (Å²) in [4.78, 5) is 13.2. The molecular weight excluding hydrogens is 266 g/mol. The van der Waals surface area contributed by atoms with Crippen LogP contribution in [-0.2, 0) is 9.53 Å². The molecule has 0 aromatic carbocycles. The molecule has 1 N–H and O–H groups in total. The lowest BCUT2D eigenvalue weighted by Crippen LogP contribution is -2.49. The van der Waals surface area contributed by atoms with Crippen molar-refractivity contribution in [3.8, 4) is 0 Å². The van der Waals surface area contributed by atoms with E-state index in [1.165, 1.54) is 0 Å². The Bertz CT molecular complexity index is 296. The zero-order chi connectivity index (χ0) is 15.7. The van der Waals surface area contributed by atoms with E-state index in [1.807, 2.05) is 0 Å². The number of unbranched alkanes of at least 4 members (excludes halogenated alkanes) is 3. The van der Waals surface area contributed by atoms with Crippen LogP contribution >= 0.6 is 0 Å². The van der Waals surface area contributed by atoms with Crippen LogP contribution in [0.25, 0.3) is 0 Å². The number of rotatable bonds is 10. The molecule has 0 atom stereocenters. The zero-order valence-corrected chi connectivity index (χ0v) is 14.1. The van der Waals surface area contributed by atoms with Crippen LogP contribution in [-0.4, -0.2) is 53.7 Å². The number of hydrogen-bond acceptors (Lipinski definition) is 4. The van der Waals surface area contributed by atoms with Crippen LogP contribution in [0.2, 0.25) is 0 Å². The van der Waals surface area contributed by atoms with Gasteiger partial charge in [0.05, 0.1) is 12.2 Å². The minimum Gasteiger partial charge on any atom is -0.387 e. The van der Waals surface area contributed by atoms with E-state index in [2.05, 4.69) is 18.7 Å². The molecule has 1 aliphatic heterocycles. The predicted molar refractivity (Wildman–Crippen MR) is 85.5 cm³/mol. The van der Waals surface area contributed by atoms with Gasteiger partial charge in [0.1, 0.15) is 5.78 Å². The summed E-state index contributed by atoms with van der Waals surface area (Å²) in [5, 5.41) is 10.5. The molecule has 0 saturated carbocycles. The van der Waals surface area contributed by atoms with Gasteiger partial charge < -0.3 is 19.5 Å². The number of nitrogens with zero attached hydrogens (tertiary/aromatic N) is 1. The molecule has 1 saturated heterocycles. The van der Waals surface area contributed by atoms with Crippen LogP contribution in [0, 0.1) is 0 Å². The van der Waals surface area contributed by atoms with Crippen molar-refractivity contribution >= 4 is 5.78 Å². The summed E-state index contributed by atoms with van der Waals surface area (Å²) in [6, 6.07) is 0.561. The van der Waals surface area contributed by atoms with Gasteiger partial charge in [-0.3, -0.25) is 0 Å². The van der Waals surface area contributed by atoms with Gasteiger partial charge in [0.2, 0.25) is 0 Å². The topological polar surface area (TPSA) is 49.8 Å². The van der Waals surface area contributed by atoms with E-state index < -0.39 is 5.60 Å². The first-order chi connectivity index (χ1) is 9.93. The average Bonchev–Trinajstić information content (AvgIpc) is 2.42. The van der Waals surface area contributed by atoms with E-state index in [9.17, 15) is 9.90 Å². The molecule has 1 fully saturated rings. The summed E-state index contributed by atoms with van der Waals surface area (Å²) in [6.45, 7) is 9.15. The lowest BCUT2D eigenvalue weighted by molar-refractivity contribution is -0.117. The molecule has 21 heavy (non-hydrogen) atoms. The van der Waals surface area contributed by atoms with Crippen LogP contribution in [0.15, 0.2) is 0 Å². The van der Waals surface area contributed by atoms with E-state index in [0.717, 1.165) is 58.2 Å². The van der Waals surface area contributed by atoms with Gasteiger partial charge in [0, 0.05) is 32.2 Å². The molecule has 1 aliphatic rings. The monoisotopic (exact) mass is 299 g/mol. The fraction of sp³-hybridized carbons (Fsp3) is 0.941. The summed E-state index contributed by atoms with van der Waals surface area (Å²) >= 11 is 0. The third-order valence-electron chi connectivity index (χ3n) is 4.40. The number of carbonyl (C=O) groups excluding carboxylic acids is 1. The minimum absolute atomic E-state index is 0.279. The Kier molecular flexibility index (Phi) is 8.45. The first kappa shape index (κ1) is 18.6. The van der Waals surface area contributed by atoms with E-state index in [0.29, 0.717) is 19.1 Å². The number of likely N-dealkylation sites (tertiary alicyclic amines) is 1. The molecule has 0 amide bonds.